The molecule has 0 saturated carbocycles. The van der Waals surface area contributed by atoms with Crippen LogP contribution in [-0.2, 0) is 4.74 Å². The topological polar surface area (TPSA) is 50.4 Å². The molecule has 1 aliphatic heterocycles. The second-order valence-electron chi connectivity index (χ2n) is 4.77. The van der Waals surface area contributed by atoms with E-state index in [0.29, 0.717) is 23.0 Å². The first-order chi connectivity index (χ1) is 9.11. The predicted octanol–water partition coefficient (Wildman–Crippen LogP) is 2.54. The number of rotatable bonds is 4. The number of benzene rings is 1. The summed E-state index contributed by atoms with van der Waals surface area (Å²) in [5.74, 6) is 0.284. The first-order valence-corrected chi connectivity index (χ1v) is 6.86. The van der Waals surface area contributed by atoms with Crippen molar-refractivity contribution in [3.8, 4) is 0 Å². The van der Waals surface area contributed by atoms with Crippen molar-refractivity contribution in [1.82, 2.24) is 5.32 Å². The van der Waals surface area contributed by atoms with Gasteiger partial charge in [-0.1, -0.05) is 11.6 Å². The number of carbonyl (C=O) groups excluding carboxylic acids is 1. The highest BCUT2D eigenvalue weighted by Crippen LogP contribution is 2.22. The Morgan fingerprint density at radius 2 is 2.32 bits per heavy atom. The summed E-state index contributed by atoms with van der Waals surface area (Å²) in [5.41, 5.74) is 1.35. The number of halogens is 1. The lowest BCUT2D eigenvalue weighted by atomic mass is 10.0. The third-order valence-electron chi connectivity index (χ3n) is 3.55. The smallest absolute Gasteiger partial charge is 0.253 e. The van der Waals surface area contributed by atoms with E-state index in [1.54, 1.807) is 25.2 Å². The summed E-state index contributed by atoms with van der Waals surface area (Å²) in [6, 6.07) is 5.24. The highest BCUT2D eigenvalue weighted by Gasteiger charge is 2.24. The van der Waals surface area contributed by atoms with Crippen LogP contribution in [0.25, 0.3) is 0 Å². The lowest BCUT2D eigenvalue weighted by Crippen LogP contribution is -2.32. The van der Waals surface area contributed by atoms with Gasteiger partial charge in [-0.05, 0) is 31.5 Å². The molecule has 2 rings (SSSR count). The van der Waals surface area contributed by atoms with Crippen molar-refractivity contribution in [2.75, 3.05) is 25.5 Å². The van der Waals surface area contributed by atoms with Gasteiger partial charge in [0.25, 0.3) is 5.91 Å². The third kappa shape index (κ3) is 3.39. The van der Waals surface area contributed by atoms with Crippen molar-refractivity contribution < 1.29 is 9.53 Å². The molecular formula is C14H19ClN2O2. The average Bonchev–Trinajstić information content (AvgIpc) is 2.81. The van der Waals surface area contributed by atoms with E-state index in [1.165, 1.54) is 0 Å². The van der Waals surface area contributed by atoms with Gasteiger partial charge in [0.05, 0.1) is 11.7 Å². The van der Waals surface area contributed by atoms with Crippen LogP contribution >= 0.6 is 11.6 Å². The standard InChI is InChI=1S/C14H19ClN2O2/c1-9-10(5-6-19-9)8-17-14(18)12-7-11(15)3-4-13(12)16-2/h3-4,7,9-10,16H,5-6,8H2,1-2H3,(H,17,18). The predicted molar refractivity (Wildman–Crippen MR) is 76.9 cm³/mol. The van der Waals surface area contributed by atoms with Gasteiger partial charge < -0.3 is 15.4 Å². The molecule has 1 amide bonds. The first-order valence-electron chi connectivity index (χ1n) is 6.49. The van der Waals surface area contributed by atoms with Crippen molar-refractivity contribution in [2.24, 2.45) is 5.92 Å². The van der Waals surface area contributed by atoms with Crippen molar-refractivity contribution in [1.29, 1.82) is 0 Å². The molecule has 1 aromatic rings. The zero-order valence-corrected chi connectivity index (χ0v) is 12.0. The summed E-state index contributed by atoms with van der Waals surface area (Å²) in [5, 5.41) is 6.51. The number of carbonyl (C=O) groups is 1. The van der Waals surface area contributed by atoms with Gasteiger partial charge in [-0.15, -0.1) is 0 Å². The van der Waals surface area contributed by atoms with E-state index in [1.807, 2.05) is 6.92 Å². The third-order valence-corrected chi connectivity index (χ3v) is 3.79. The van der Waals surface area contributed by atoms with Gasteiger partial charge in [0.1, 0.15) is 0 Å². The Bertz CT molecular complexity index is 465. The Morgan fingerprint density at radius 1 is 1.53 bits per heavy atom. The van der Waals surface area contributed by atoms with Crippen molar-refractivity contribution >= 4 is 23.2 Å². The summed E-state index contributed by atoms with van der Waals surface area (Å²) in [7, 11) is 1.78. The normalized spacial score (nSPS) is 22.3. The maximum atomic E-state index is 12.2. The van der Waals surface area contributed by atoms with Crippen LogP contribution in [-0.4, -0.2) is 32.2 Å². The number of hydrogen-bond acceptors (Lipinski definition) is 3. The molecule has 2 N–H and O–H groups in total. The van der Waals surface area contributed by atoms with Crippen LogP contribution in [0.2, 0.25) is 5.02 Å². The number of ether oxygens (including phenoxy) is 1. The molecule has 0 aliphatic carbocycles. The van der Waals surface area contributed by atoms with E-state index >= 15 is 0 Å². The molecule has 1 aliphatic rings. The molecule has 4 nitrogen and oxygen atoms in total. The second kappa shape index (κ2) is 6.26. The number of anilines is 1. The molecule has 1 heterocycles. The van der Waals surface area contributed by atoms with Gasteiger partial charge in [0.15, 0.2) is 0 Å². The molecule has 2 atom stereocenters. The summed E-state index contributed by atoms with van der Waals surface area (Å²) < 4.78 is 5.48. The summed E-state index contributed by atoms with van der Waals surface area (Å²) in [4.78, 5) is 12.2. The monoisotopic (exact) mass is 282 g/mol. The molecule has 2 unspecified atom stereocenters. The number of amides is 1. The SMILES string of the molecule is CNc1ccc(Cl)cc1C(=O)NCC1CCOC1C. The van der Waals surface area contributed by atoms with E-state index < -0.39 is 0 Å². The van der Waals surface area contributed by atoms with E-state index in [-0.39, 0.29) is 12.0 Å². The van der Waals surface area contributed by atoms with Gasteiger partial charge in [-0.3, -0.25) is 4.79 Å². The summed E-state index contributed by atoms with van der Waals surface area (Å²) in [6.07, 6.45) is 1.21. The molecule has 19 heavy (non-hydrogen) atoms. The van der Waals surface area contributed by atoms with Crippen LogP contribution in [0.15, 0.2) is 18.2 Å². The number of nitrogens with one attached hydrogen (secondary N) is 2. The Kier molecular flexibility index (Phi) is 4.66. The average molecular weight is 283 g/mol. The molecule has 1 saturated heterocycles. The quantitative estimate of drug-likeness (QED) is 0.892. The zero-order chi connectivity index (χ0) is 13.8. The minimum absolute atomic E-state index is 0.106. The fourth-order valence-electron chi connectivity index (χ4n) is 2.29. The zero-order valence-electron chi connectivity index (χ0n) is 11.2. The van der Waals surface area contributed by atoms with Crippen LogP contribution in [0.4, 0.5) is 5.69 Å². The lowest BCUT2D eigenvalue weighted by molar-refractivity contribution is 0.0908. The van der Waals surface area contributed by atoms with Crippen LogP contribution in [0.1, 0.15) is 23.7 Å². The first kappa shape index (κ1) is 14.2. The Labute approximate surface area is 118 Å². The Balaban J connectivity index is 2.01. The molecule has 0 aromatic heterocycles. The van der Waals surface area contributed by atoms with Gasteiger partial charge in [-0.25, -0.2) is 0 Å². The van der Waals surface area contributed by atoms with Crippen molar-refractivity contribution in [3.05, 3.63) is 28.8 Å². The highest BCUT2D eigenvalue weighted by molar-refractivity contribution is 6.31. The summed E-state index contributed by atoms with van der Waals surface area (Å²) in [6.45, 7) is 3.46. The van der Waals surface area contributed by atoms with E-state index in [4.69, 9.17) is 16.3 Å². The van der Waals surface area contributed by atoms with Crippen molar-refractivity contribution in [2.45, 2.75) is 19.4 Å². The van der Waals surface area contributed by atoms with Gasteiger partial charge in [-0.2, -0.15) is 0 Å². The van der Waals surface area contributed by atoms with Crippen molar-refractivity contribution in [3.63, 3.8) is 0 Å². The largest absolute Gasteiger partial charge is 0.387 e. The Hall–Kier alpha value is -1.26. The van der Waals surface area contributed by atoms with Crippen LogP contribution in [0, 0.1) is 5.92 Å². The molecule has 1 aromatic carbocycles. The van der Waals surface area contributed by atoms with Crippen LogP contribution < -0.4 is 10.6 Å². The van der Waals surface area contributed by atoms with Crippen LogP contribution in [0.3, 0.4) is 0 Å². The molecular weight excluding hydrogens is 264 g/mol. The molecule has 5 heteroatoms. The van der Waals surface area contributed by atoms with Crippen LogP contribution in [0.5, 0.6) is 0 Å². The fraction of sp³-hybridized carbons (Fsp3) is 0.500. The maximum absolute atomic E-state index is 12.2. The minimum atomic E-state index is -0.106. The van der Waals surface area contributed by atoms with Gasteiger partial charge in [0, 0.05) is 36.8 Å². The summed E-state index contributed by atoms with van der Waals surface area (Å²) >= 11 is 5.94. The lowest BCUT2D eigenvalue weighted by Gasteiger charge is -2.16. The molecule has 0 radical (unpaired) electrons. The molecule has 104 valence electrons. The minimum Gasteiger partial charge on any atom is -0.387 e. The molecule has 1 fully saturated rings. The molecule has 0 spiro atoms. The van der Waals surface area contributed by atoms with E-state index in [0.717, 1.165) is 18.7 Å². The van der Waals surface area contributed by atoms with Gasteiger partial charge >= 0.3 is 0 Å². The van der Waals surface area contributed by atoms with Gasteiger partial charge in [0.2, 0.25) is 0 Å². The van der Waals surface area contributed by atoms with E-state index in [2.05, 4.69) is 10.6 Å². The number of hydrogen-bond donors (Lipinski definition) is 2. The fourth-order valence-corrected chi connectivity index (χ4v) is 2.46. The maximum Gasteiger partial charge on any atom is 0.253 e. The van der Waals surface area contributed by atoms with E-state index in [9.17, 15) is 4.79 Å². The second-order valence-corrected chi connectivity index (χ2v) is 5.21. The highest BCUT2D eigenvalue weighted by atomic mass is 35.5. The molecule has 0 bridgehead atoms. The Morgan fingerprint density at radius 3 is 2.95 bits per heavy atom.